The topological polar surface area (TPSA) is 47.6 Å². The molecule has 0 bridgehead atoms. The molecule has 0 saturated heterocycles. The number of thioether (sulfide) groups is 1. The smallest absolute Gasteiger partial charge is 0.244 e. The fourth-order valence-corrected chi connectivity index (χ4v) is 4.52. The second-order valence-corrected chi connectivity index (χ2v) is 10.4. The van der Waals surface area contributed by atoms with E-state index in [1.807, 2.05) is 63.2 Å². The highest BCUT2D eigenvalue weighted by Gasteiger charge is 2.19. The van der Waals surface area contributed by atoms with Gasteiger partial charge in [-0.25, -0.2) is 5.48 Å². The molecule has 0 aromatic heterocycles. The fraction of sp³-hybridized carbons (Fsp3) is 0.276. The fourth-order valence-electron chi connectivity index (χ4n) is 3.33. The third kappa shape index (κ3) is 8.73. The van der Waals surface area contributed by atoms with Gasteiger partial charge in [0.1, 0.15) is 5.75 Å². The van der Waals surface area contributed by atoms with E-state index in [1.165, 1.54) is 5.56 Å². The SMILES string of the molecule is COc1ccccc1/C=C/c1ccc(SC(CC(=O)NOC(C)(C)C)Cc2ccccc2)cc1. The Balaban J connectivity index is 1.67. The van der Waals surface area contributed by atoms with Crippen LogP contribution in [0.2, 0.25) is 0 Å². The Bertz CT molecular complexity index is 1070. The van der Waals surface area contributed by atoms with Gasteiger partial charge in [-0.3, -0.25) is 9.63 Å². The molecule has 0 aliphatic heterocycles. The van der Waals surface area contributed by atoms with Crippen LogP contribution in [0.1, 0.15) is 43.9 Å². The molecule has 0 aliphatic rings. The molecule has 3 aromatic rings. The summed E-state index contributed by atoms with van der Waals surface area (Å²) < 4.78 is 5.42. The second-order valence-electron chi connectivity index (χ2n) is 9.02. The largest absolute Gasteiger partial charge is 0.496 e. The molecule has 178 valence electrons. The van der Waals surface area contributed by atoms with E-state index in [9.17, 15) is 4.79 Å². The standard InChI is InChI=1S/C29H33NO3S/c1-29(2,3)33-30-28(31)21-26(20-23-10-6-5-7-11-23)34-25-18-15-22(16-19-25)14-17-24-12-8-9-13-27(24)32-4/h5-19,26H,20-21H2,1-4H3,(H,30,31)/b17-14+. The van der Waals surface area contributed by atoms with Gasteiger partial charge in [-0.15, -0.1) is 11.8 Å². The molecule has 1 amide bonds. The molecule has 5 heteroatoms. The zero-order valence-electron chi connectivity index (χ0n) is 20.3. The van der Waals surface area contributed by atoms with Crippen molar-refractivity contribution in [3.8, 4) is 5.75 Å². The average Bonchev–Trinajstić information content (AvgIpc) is 2.82. The predicted molar refractivity (Wildman–Crippen MR) is 142 cm³/mol. The van der Waals surface area contributed by atoms with E-state index in [4.69, 9.17) is 9.57 Å². The van der Waals surface area contributed by atoms with Crippen LogP contribution < -0.4 is 10.2 Å². The highest BCUT2D eigenvalue weighted by atomic mass is 32.2. The normalized spacial score (nSPS) is 12.5. The molecule has 0 fully saturated rings. The first-order valence-corrected chi connectivity index (χ1v) is 12.3. The number of amides is 1. The summed E-state index contributed by atoms with van der Waals surface area (Å²) in [5.41, 5.74) is 5.53. The molecule has 34 heavy (non-hydrogen) atoms. The Morgan fingerprint density at radius 1 is 0.941 bits per heavy atom. The maximum absolute atomic E-state index is 12.5. The summed E-state index contributed by atoms with van der Waals surface area (Å²) in [7, 11) is 1.68. The van der Waals surface area contributed by atoms with Crippen LogP contribution in [0, 0.1) is 0 Å². The van der Waals surface area contributed by atoms with E-state index in [1.54, 1.807) is 18.9 Å². The van der Waals surface area contributed by atoms with Gasteiger partial charge in [0.2, 0.25) is 5.91 Å². The minimum atomic E-state index is -0.426. The lowest BCUT2D eigenvalue weighted by molar-refractivity contribution is -0.145. The van der Waals surface area contributed by atoms with Crippen molar-refractivity contribution in [3.63, 3.8) is 0 Å². The van der Waals surface area contributed by atoms with Crippen LogP contribution in [0.25, 0.3) is 12.2 Å². The molecule has 0 radical (unpaired) electrons. The van der Waals surface area contributed by atoms with Crippen LogP contribution in [0.4, 0.5) is 0 Å². The zero-order valence-corrected chi connectivity index (χ0v) is 21.1. The number of nitrogens with one attached hydrogen (secondary N) is 1. The summed E-state index contributed by atoms with van der Waals surface area (Å²) in [6.45, 7) is 5.73. The number of ether oxygens (including phenoxy) is 1. The third-order valence-electron chi connectivity index (χ3n) is 4.97. The molecule has 0 heterocycles. The Kier molecular flexibility index (Phi) is 9.37. The zero-order chi connectivity index (χ0) is 24.4. The summed E-state index contributed by atoms with van der Waals surface area (Å²) in [6, 6.07) is 26.6. The number of hydrogen-bond donors (Lipinski definition) is 1. The van der Waals surface area contributed by atoms with Crippen molar-refractivity contribution < 1.29 is 14.4 Å². The number of carbonyl (C=O) groups is 1. The van der Waals surface area contributed by atoms with Crippen molar-refractivity contribution >= 4 is 29.8 Å². The van der Waals surface area contributed by atoms with Gasteiger partial charge in [0.15, 0.2) is 0 Å². The lowest BCUT2D eigenvalue weighted by Crippen LogP contribution is -2.35. The monoisotopic (exact) mass is 475 g/mol. The number of rotatable bonds is 10. The lowest BCUT2D eigenvalue weighted by Gasteiger charge is -2.21. The Morgan fingerprint density at radius 2 is 1.62 bits per heavy atom. The minimum absolute atomic E-state index is 0.0842. The van der Waals surface area contributed by atoms with E-state index < -0.39 is 5.60 Å². The lowest BCUT2D eigenvalue weighted by atomic mass is 10.1. The van der Waals surface area contributed by atoms with Gasteiger partial charge in [-0.1, -0.05) is 72.8 Å². The summed E-state index contributed by atoms with van der Waals surface area (Å²) in [5, 5.41) is 0.0842. The van der Waals surface area contributed by atoms with Crippen LogP contribution in [0.15, 0.2) is 83.8 Å². The van der Waals surface area contributed by atoms with Crippen LogP contribution in [0.5, 0.6) is 5.75 Å². The Labute approximate surface area is 207 Å². The summed E-state index contributed by atoms with van der Waals surface area (Å²) >= 11 is 1.71. The molecule has 0 spiro atoms. The molecule has 1 atom stereocenters. The quantitative estimate of drug-likeness (QED) is 0.199. The second kappa shape index (κ2) is 12.4. The first kappa shape index (κ1) is 25.6. The molecule has 0 aliphatic carbocycles. The number of hydrogen-bond acceptors (Lipinski definition) is 4. The van der Waals surface area contributed by atoms with Gasteiger partial charge in [0.25, 0.3) is 0 Å². The van der Waals surface area contributed by atoms with Crippen LogP contribution in [0.3, 0.4) is 0 Å². The maximum atomic E-state index is 12.5. The van der Waals surface area contributed by atoms with Crippen molar-refractivity contribution in [2.75, 3.05) is 7.11 Å². The minimum Gasteiger partial charge on any atom is -0.496 e. The highest BCUT2D eigenvalue weighted by molar-refractivity contribution is 8.00. The Hall–Kier alpha value is -3.02. The maximum Gasteiger partial charge on any atom is 0.244 e. The predicted octanol–water partition coefficient (Wildman–Crippen LogP) is 6.81. The molecule has 1 N–H and O–H groups in total. The highest BCUT2D eigenvalue weighted by Crippen LogP contribution is 2.29. The molecule has 3 rings (SSSR count). The van der Waals surface area contributed by atoms with Crippen molar-refractivity contribution in [2.45, 2.75) is 49.4 Å². The van der Waals surface area contributed by atoms with Crippen molar-refractivity contribution in [3.05, 3.63) is 95.6 Å². The molecular weight excluding hydrogens is 442 g/mol. The van der Waals surface area contributed by atoms with Gasteiger partial charge in [0.05, 0.1) is 12.7 Å². The van der Waals surface area contributed by atoms with Gasteiger partial charge in [-0.2, -0.15) is 0 Å². The van der Waals surface area contributed by atoms with Gasteiger partial charge in [0, 0.05) is 22.1 Å². The number of methoxy groups -OCH3 is 1. The van der Waals surface area contributed by atoms with Crippen molar-refractivity contribution in [1.29, 1.82) is 0 Å². The molecule has 3 aromatic carbocycles. The summed E-state index contributed by atoms with van der Waals surface area (Å²) in [4.78, 5) is 19.1. The van der Waals surface area contributed by atoms with Crippen molar-refractivity contribution in [1.82, 2.24) is 5.48 Å². The molecule has 4 nitrogen and oxygen atoms in total. The van der Waals surface area contributed by atoms with Gasteiger partial charge < -0.3 is 4.74 Å². The number of benzene rings is 3. The van der Waals surface area contributed by atoms with E-state index >= 15 is 0 Å². The molecule has 0 saturated carbocycles. The van der Waals surface area contributed by atoms with Crippen LogP contribution in [-0.2, 0) is 16.1 Å². The van der Waals surface area contributed by atoms with Crippen molar-refractivity contribution in [2.24, 2.45) is 0 Å². The summed E-state index contributed by atoms with van der Waals surface area (Å²) in [6.07, 6.45) is 5.29. The van der Waals surface area contributed by atoms with Gasteiger partial charge in [-0.05, 0) is 56.5 Å². The number of para-hydroxylation sites is 1. The third-order valence-corrected chi connectivity index (χ3v) is 6.18. The number of hydroxylamine groups is 1. The van der Waals surface area contributed by atoms with Crippen LogP contribution >= 0.6 is 11.8 Å². The summed E-state index contributed by atoms with van der Waals surface area (Å²) in [5.74, 6) is 0.739. The van der Waals surface area contributed by atoms with E-state index in [0.717, 1.165) is 28.2 Å². The Morgan fingerprint density at radius 3 is 2.29 bits per heavy atom. The first-order chi connectivity index (χ1) is 16.3. The first-order valence-electron chi connectivity index (χ1n) is 11.4. The van der Waals surface area contributed by atoms with E-state index in [2.05, 4.69) is 54.0 Å². The molecule has 1 unspecified atom stereocenters. The average molecular weight is 476 g/mol. The van der Waals surface area contributed by atoms with E-state index in [0.29, 0.717) is 6.42 Å². The number of carbonyl (C=O) groups excluding carboxylic acids is 1. The van der Waals surface area contributed by atoms with E-state index in [-0.39, 0.29) is 11.2 Å². The van der Waals surface area contributed by atoms with Crippen LogP contribution in [-0.4, -0.2) is 23.9 Å². The molecular formula is C29H33NO3S. The van der Waals surface area contributed by atoms with Gasteiger partial charge >= 0.3 is 0 Å².